The van der Waals surface area contributed by atoms with Crippen molar-refractivity contribution in [2.45, 2.75) is 32.8 Å². The molecule has 1 unspecified atom stereocenters. The van der Waals surface area contributed by atoms with Crippen molar-refractivity contribution in [2.24, 2.45) is 11.7 Å². The minimum atomic E-state index is -0.807. The van der Waals surface area contributed by atoms with E-state index < -0.39 is 23.8 Å². The summed E-state index contributed by atoms with van der Waals surface area (Å²) in [6.07, 6.45) is -0.0543. The second kappa shape index (κ2) is 10.5. The van der Waals surface area contributed by atoms with Crippen LogP contribution in [0.1, 0.15) is 25.8 Å². The molecular formula is C24H27F2N3O4. The Kier molecular flexibility index (Phi) is 7.75. The van der Waals surface area contributed by atoms with Gasteiger partial charge >= 0.3 is 6.09 Å². The summed E-state index contributed by atoms with van der Waals surface area (Å²) in [7, 11) is 0. The SMILES string of the molecule is CC(=O)NC[C@H]1CN(c2cc(F)c(-c3ccc(CCC(C)C(=O)CN)cc3)c(F)c2)C(=O)O1. The Bertz CT molecular complexity index is 1020. The van der Waals surface area contributed by atoms with Gasteiger partial charge in [0.25, 0.3) is 0 Å². The third kappa shape index (κ3) is 5.92. The number of cyclic esters (lactones) is 1. The van der Waals surface area contributed by atoms with Crippen LogP contribution in [0.3, 0.4) is 0 Å². The number of ether oxygens (including phenoxy) is 1. The number of halogens is 2. The number of hydrogen-bond donors (Lipinski definition) is 2. The maximum atomic E-state index is 14.9. The second-order valence-electron chi connectivity index (χ2n) is 8.14. The predicted molar refractivity (Wildman–Crippen MR) is 120 cm³/mol. The number of aryl methyl sites for hydroxylation is 1. The van der Waals surface area contributed by atoms with E-state index >= 15 is 0 Å². The van der Waals surface area contributed by atoms with Crippen molar-refractivity contribution in [2.75, 3.05) is 24.5 Å². The maximum absolute atomic E-state index is 14.9. The summed E-state index contributed by atoms with van der Waals surface area (Å²) < 4.78 is 34.9. The number of benzene rings is 2. The smallest absolute Gasteiger partial charge is 0.414 e. The first-order valence-corrected chi connectivity index (χ1v) is 10.7. The monoisotopic (exact) mass is 459 g/mol. The molecule has 2 amide bonds. The molecule has 9 heteroatoms. The molecular weight excluding hydrogens is 432 g/mol. The first-order valence-electron chi connectivity index (χ1n) is 10.7. The van der Waals surface area contributed by atoms with E-state index in [4.69, 9.17) is 10.5 Å². The quantitative estimate of drug-likeness (QED) is 0.600. The molecule has 0 spiro atoms. The summed E-state index contributed by atoms with van der Waals surface area (Å²) in [6, 6.07) is 8.97. The van der Waals surface area contributed by atoms with E-state index in [-0.39, 0.29) is 48.5 Å². The van der Waals surface area contributed by atoms with Crippen molar-refractivity contribution in [1.82, 2.24) is 5.32 Å². The van der Waals surface area contributed by atoms with Crippen molar-refractivity contribution in [3.8, 4) is 11.1 Å². The fraction of sp³-hybridized carbons (Fsp3) is 0.375. The lowest BCUT2D eigenvalue weighted by Gasteiger charge is -2.15. The minimum absolute atomic E-state index is 0.000767. The van der Waals surface area contributed by atoms with E-state index in [0.29, 0.717) is 18.4 Å². The van der Waals surface area contributed by atoms with Crippen LogP contribution in [-0.2, 0) is 20.7 Å². The van der Waals surface area contributed by atoms with Crippen LogP contribution in [0, 0.1) is 17.6 Å². The first kappa shape index (κ1) is 24.3. The lowest BCUT2D eigenvalue weighted by atomic mass is 9.96. The molecule has 2 aromatic rings. The van der Waals surface area contributed by atoms with Crippen LogP contribution in [0.15, 0.2) is 36.4 Å². The van der Waals surface area contributed by atoms with E-state index in [1.807, 2.05) is 6.92 Å². The number of carbonyl (C=O) groups is 3. The highest BCUT2D eigenvalue weighted by Gasteiger charge is 2.33. The van der Waals surface area contributed by atoms with E-state index in [1.54, 1.807) is 24.3 Å². The molecule has 1 heterocycles. The minimum Gasteiger partial charge on any atom is -0.442 e. The van der Waals surface area contributed by atoms with E-state index in [1.165, 1.54) is 6.92 Å². The molecule has 7 nitrogen and oxygen atoms in total. The Hall–Kier alpha value is -3.33. The van der Waals surface area contributed by atoms with Gasteiger partial charge in [-0.05, 0) is 36.1 Å². The van der Waals surface area contributed by atoms with Crippen molar-refractivity contribution >= 4 is 23.5 Å². The van der Waals surface area contributed by atoms with E-state index in [9.17, 15) is 23.2 Å². The van der Waals surface area contributed by atoms with Gasteiger partial charge in [0.15, 0.2) is 0 Å². The zero-order chi connectivity index (χ0) is 24.1. The van der Waals surface area contributed by atoms with E-state index in [0.717, 1.165) is 22.6 Å². The Morgan fingerprint density at radius 2 is 1.85 bits per heavy atom. The molecule has 1 saturated heterocycles. The molecule has 33 heavy (non-hydrogen) atoms. The average molecular weight is 459 g/mol. The summed E-state index contributed by atoms with van der Waals surface area (Å²) >= 11 is 0. The number of hydrogen-bond acceptors (Lipinski definition) is 5. The van der Waals surface area contributed by atoms with Gasteiger partial charge in [0.05, 0.1) is 30.9 Å². The van der Waals surface area contributed by atoms with Gasteiger partial charge < -0.3 is 15.8 Å². The summed E-state index contributed by atoms with van der Waals surface area (Å²) in [4.78, 5) is 35.9. The lowest BCUT2D eigenvalue weighted by Crippen LogP contribution is -2.33. The van der Waals surface area contributed by atoms with Crippen molar-refractivity contribution in [3.05, 3.63) is 53.6 Å². The number of Topliss-reactive ketones (excluding diaryl/α,β-unsaturated/α-hetero) is 1. The Morgan fingerprint density at radius 1 is 1.21 bits per heavy atom. The van der Waals surface area contributed by atoms with Crippen molar-refractivity contribution in [3.63, 3.8) is 0 Å². The highest BCUT2D eigenvalue weighted by atomic mass is 19.1. The van der Waals surface area contributed by atoms with Gasteiger partial charge in [-0.3, -0.25) is 14.5 Å². The first-order chi connectivity index (χ1) is 15.7. The van der Waals surface area contributed by atoms with Gasteiger partial charge in [0.2, 0.25) is 5.91 Å². The third-order valence-electron chi connectivity index (χ3n) is 5.65. The zero-order valence-corrected chi connectivity index (χ0v) is 18.6. The largest absolute Gasteiger partial charge is 0.442 e. The van der Waals surface area contributed by atoms with Gasteiger partial charge in [-0.1, -0.05) is 31.2 Å². The molecule has 3 rings (SSSR count). The number of nitrogens with zero attached hydrogens (tertiary/aromatic N) is 1. The van der Waals surface area contributed by atoms with Crippen LogP contribution in [0.25, 0.3) is 11.1 Å². The van der Waals surface area contributed by atoms with Crippen molar-refractivity contribution < 1.29 is 27.9 Å². The van der Waals surface area contributed by atoms with E-state index in [2.05, 4.69) is 5.32 Å². The van der Waals surface area contributed by atoms with Gasteiger partial charge in [-0.25, -0.2) is 13.6 Å². The summed E-state index contributed by atoms with van der Waals surface area (Å²) in [5, 5.41) is 2.55. The number of ketones is 1. The van der Waals surface area contributed by atoms with Gasteiger partial charge in [0, 0.05) is 12.8 Å². The molecule has 1 aliphatic rings. The summed E-state index contributed by atoms with van der Waals surface area (Å²) in [6.45, 7) is 3.37. The van der Waals surface area contributed by atoms with Crippen LogP contribution in [0.5, 0.6) is 0 Å². The van der Waals surface area contributed by atoms with Crippen LogP contribution in [-0.4, -0.2) is 43.5 Å². The Balaban J connectivity index is 1.72. The topological polar surface area (TPSA) is 102 Å². The molecule has 0 bridgehead atoms. The predicted octanol–water partition coefficient (Wildman–Crippen LogP) is 3.19. The summed E-state index contributed by atoms with van der Waals surface area (Å²) in [5.74, 6) is -2.03. The molecule has 1 fully saturated rings. The molecule has 0 saturated carbocycles. The van der Waals surface area contributed by atoms with Gasteiger partial charge in [0.1, 0.15) is 23.5 Å². The number of anilines is 1. The van der Waals surface area contributed by atoms with Crippen LogP contribution in [0.2, 0.25) is 0 Å². The molecule has 176 valence electrons. The average Bonchev–Trinajstić information content (AvgIpc) is 3.16. The van der Waals surface area contributed by atoms with Crippen LogP contribution in [0.4, 0.5) is 19.3 Å². The Labute approximate surface area is 190 Å². The molecule has 1 aliphatic heterocycles. The normalized spacial score (nSPS) is 16.5. The fourth-order valence-electron chi connectivity index (χ4n) is 3.67. The molecule has 2 aromatic carbocycles. The fourth-order valence-corrected chi connectivity index (χ4v) is 3.67. The number of nitrogens with two attached hydrogens (primary N) is 1. The van der Waals surface area contributed by atoms with Gasteiger partial charge in [-0.2, -0.15) is 0 Å². The molecule has 0 radical (unpaired) electrons. The highest BCUT2D eigenvalue weighted by molar-refractivity contribution is 5.90. The standard InChI is InChI=1S/C24H27F2N3O4/c1-14(22(31)11-27)3-4-16-5-7-17(8-6-16)23-20(25)9-18(10-21(23)26)29-13-19(33-24(29)32)12-28-15(2)30/h5-10,14,19H,3-4,11-13,27H2,1-2H3,(H,28,30)/t14?,19-/m0/s1. The third-order valence-corrected chi connectivity index (χ3v) is 5.65. The number of carbonyl (C=O) groups excluding carboxylic acids is 3. The second-order valence-corrected chi connectivity index (χ2v) is 8.14. The Morgan fingerprint density at radius 3 is 2.42 bits per heavy atom. The lowest BCUT2D eigenvalue weighted by molar-refractivity contribution is -0.121. The molecule has 0 aliphatic carbocycles. The maximum Gasteiger partial charge on any atom is 0.414 e. The van der Waals surface area contributed by atoms with Crippen LogP contribution < -0.4 is 16.0 Å². The van der Waals surface area contributed by atoms with Gasteiger partial charge in [-0.15, -0.1) is 0 Å². The number of amides is 2. The van der Waals surface area contributed by atoms with Crippen LogP contribution >= 0.6 is 0 Å². The van der Waals surface area contributed by atoms with Crippen molar-refractivity contribution in [1.29, 1.82) is 0 Å². The number of rotatable bonds is 9. The molecule has 0 aromatic heterocycles. The molecule has 3 N–H and O–H groups in total. The summed E-state index contributed by atoms with van der Waals surface area (Å²) in [5.41, 5.74) is 6.53. The molecule has 2 atom stereocenters. The number of nitrogens with one attached hydrogen (secondary N) is 1. The zero-order valence-electron chi connectivity index (χ0n) is 18.6. The highest BCUT2D eigenvalue weighted by Crippen LogP contribution is 2.32.